The van der Waals surface area contributed by atoms with E-state index in [1.54, 1.807) is 6.07 Å². The Morgan fingerprint density at radius 1 is 1.17 bits per heavy atom. The third-order valence-electron chi connectivity index (χ3n) is 4.62. The molecule has 1 aliphatic carbocycles. The van der Waals surface area contributed by atoms with Crippen molar-refractivity contribution in [3.8, 4) is 0 Å². The van der Waals surface area contributed by atoms with Crippen LogP contribution in [0.15, 0.2) is 18.2 Å². The highest BCUT2D eigenvalue weighted by Crippen LogP contribution is 2.22. The second-order valence-electron chi connectivity index (χ2n) is 6.37. The lowest BCUT2D eigenvalue weighted by Gasteiger charge is -2.33. The number of carbonyl (C=O) groups is 2. The summed E-state index contributed by atoms with van der Waals surface area (Å²) in [5.41, 5.74) is 2.41. The predicted octanol–water partition coefficient (Wildman–Crippen LogP) is 3.64. The van der Waals surface area contributed by atoms with Gasteiger partial charge in [0.2, 0.25) is 0 Å². The monoisotopic (exact) mass is 317 g/mol. The van der Waals surface area contributed by atoms with Crippen LogP contribution in [-0.4, -0.2) is 36.0 Å². The van der Waals surface area contributed by atoms with Crippen molar-refractivity contribution >= 4 is 11.9 Å². The zero-order valence-corrected chi connectivity index (χ0v) is 14.4. The lowest BCUT2D eigenvalue weighted by molar-refractivity contribution is -0.137. The van der Waals surface area contributed by atoms with E-state index in [4.69, 9.17) is 4.74 Å². The van der Waals surface area contributed by atoms with Crippen molar-refractivity contribution in [2.75, 3.05) is 13.2 Å². The first-order valence-corrected chi connectivity index (χ1v) is 8.56. The van der Waals surface area contributed by atoms with Crippen LogP contribution < -0.4 is 0 Å². The topological polar surface area (TPSA) is 46.6 Å². The van der Waals surface area contributed by atoms with Crippen LogP contribution in [0.4, 0.5) is 0 Å². The van der Waals surface area contributed by atoms with Crippen molar-refractivity contribution in [1.82, 2.24) is 4.90 Å². The van der Waals surface area contributed by atoms with Crippen molar-refractivity contribution < 1.29 is 14.3 Å². The molecule has 0 unspecified atom stereocenters. The van der Waals surface area contributed by atoms with Crippen LogP contribution in [0.1, 0.15) is 60.5 Å². The summed E-state index contributed by atoms with van der Waals surface area (Å²) >= 11 is 0. The Hall–Kier alpha value is -1.84. The van der Waals surface area contributed by atoms with Gasteiger partial charge in [0.1, 0.15) is 0 Å². The SMILES string of the molecule is CCN(C(=O)COC(=O)c1cc(C)ccc1C)C1CCCCC1. The zero-order valence-electron chi connectivity index (χ0n) is 14.4. The summed E-state index contributed by atoms with van der Waals surface area (Å²) in [5.74, 6) is -0.502. The maximum Gasteiger partial charge on any atom is 0.338 e. The Morgan fingerprint density at radius 2 is 1.87 bits per heavy atom. The molecule has 4 heteroatoms. The molecule has 126 valence electrons. The van der Waals surface area contributed by atoms with E-state index in [0.717, 1.165) is 24.0 Å². The number of aryl methyl sites for hydroxylation is 2. The average Bonchev–Trinajstić information content (AvgIpc) is 2.56. The molecule has 0 N–H and O–H groups in total. The first-order valence-electron chi connectivity index (χ1n) is 8.56. The zero-order chi connectivity index (χ0) is 16.8. The van der Waals surface area contributed by atoms with Crippen molar-refractivity contribution in [1.29, 1.82) is 0 Å². The van der Waals surface area contributed by atoms with Gasteiger partial charge in [-0.25, -0.2) is 4.79 Å². The highest BCUT2D eigenvalue weighted by atomic mass is 16.5. The Morgan fingerprint density at radius 3 is 2.52 bits per heavy atom. The predicted molar refractivity (Wildman–Crippen MR) is 90.5 cm³/mol. The van der Waals surface area contributed by atoms with E-state index in [2.05, 4.69) is 0 Å². The van der Waals surface area contributed by atoms with Crippen LogP contribution in [-0.2, 0) is 9.53 Å². The van der Waals surface area contributed by atoms with E-state index in [-0.39, 0.29) is 12.5 Å². The molecule has 0 heterocycles. The number of hydrogen-bond donors (Lipinski definition) is 0. The Bertz CT molecular complexity index is 562. The van der Waals surface area contributed by atoms with E-state index in [9.17, 15) is 9.59 Å². The Kier molecular flexibility index (Phi) is 6.20. The highest BCUT2D eigenvalue weighted by molar-refractivity contribution is 5.92. The van der Waals surface area contributed by atoms with E-state index >= 15 is 0 Å². The third kappa shape index (κ3) is 4.57. The molecule has 0 saturated heterocycles. The molecule has 1 aromatic carbocycles. The van der Waals surface area contributed by atoms with Crippen LogP contribution in [0.3, 0.4) is 0 Å². The molecule has 1 saturated carbocycles. The van der Waals surface area contributed by atoms with Gasteiger partial charge in [0.15, 0.2) is 6.61 Å². The molecule has 1 aromatic rings. The first kappa shape index (κ1) is 17.5. The van der Waals surface area contributed by atoms with Crippen LogP contribution in [0.25, 0.3) is 0 Å². The van der Waals surface area contributed by atoms with E-state index in [1.165, 1.54) is 19.3 Å². The van der Waals surface area contributed by atoms with E-state index < -0.39 is 5.97 Å². The summed E-state index contributed by atoms with van der Waals surface area (Å²) in [6, 6.07) is 5.97. The number of benzene rings is 1. The largest absolute Gasteiger partial charge is 0.452 e. The maximum atomic E-state index is 12.4. The number of carbonyl (C=O) groups excluding carboxylic acids is 2. The van der Waals surface area contributed by atoms with Crippen molar-refractivity contribution in [3.63, 3.8) is 0 Å². The fourth-order valence-corrected chi connectivity index (χ4v) is 3.27. The minimum absolute atomic E-state index is 0.0851. The van der Waals surface area contributed by atoms with Gasteiger partial charge < -0.3 is 9.64 Å². The van der Waals surface area contributed by atoms with Gasteiger partial charge in [0, 0.05) is 12.6 Å². The number of rotatable bonds is 5. The molecule has 1 amide bonds. The Labute approximate surface area is 138 Å². The molecule has 0 spiro atoms. The molecule has 4 nitrogen and oxygen atoms in total. The van der Waals surface area contributed by atoms with Crippen LogP contribution >= 0.6 is 0 Å². The van der Waals surface area contributed by atoms with Crippen molar-refractivity contribution in [2.45, 2.75) is 58.9 Å². The summed E-state index contributed by atoms with van der Waals surface area (Å²) in [5, 5.41) is 0. The molecule has 1 aliphatic rings. The smallest absolute Gasteiger partial charge is 0.338 e. The number of ether oxygens (including phenoxy) is 1. The lowest BCUT2D eigenvalue weighted by atomic mass is 9.94. The van der Waals surface area contributed by atoms with Gasteiger partial charge in [-0.15, -0.1) is 0 Å². The number of esters is 1. The standard InChI is InChI=1S/C19H27NO3/c1-4-20(16-8-6-5-7-9-16)18(21)13-23-19(22)17-12-14(2)10-11-15(17)3/h10-12,16H,4-9,13H2,1-3H3. The Balaban J connectivity index is 1.94. The van der Waals surface area contributed by atoms with E-state index in [0.29, 0.717) is 18.2 Å². The summed E-state index contributed by atoms with van der Waals surface area (Å²) in [7, 11) is 0. The normalized spacial score (nSPS) is 15.3. The van der Waals surface area contributed by atoms with Crippen molar-refractivity contribution in [3.05, 3.63) is 34.9 Å². The number of hydrogen-bond acceptors (Lipinski definition) is 3. The van der Waals surface area contributed by atoms with Gasteiger partial charge >= 0.3 is 5.97 Å². The van der Waals surface area contributed by atoms with Gasteiger partial charge in [-0.3, -0.25) is 4.79 Å². The second-order valence-corrected chi connectivity index (χ2v) is 6.37. The molecule has 23 heavy (non-hydrogen) atoms. The molecular formula is C19H27NO3. The molecule has 0 atom stereocenters. The quantitative estimate of drug-likeness (QED) is 0.779. The van der Waals surface area contributed by atoms with Gasteiger partial charge in [-0.2, -0.15) is 0 Å². The average molecular weight is 317 g/mol. The van der Waals surface area contributed by atoms with Crippen LogP contribution in [0.5, 0.6) is 0 Å². The van der Waals surface area contributed by atoms with Gasteiger partial charge in [0.05, 0.1) is 5.56 Å². The number of nitrogens with zero attached hydrogens (tertiary/aromatic N) is 1. The molecular weight excluding hydrogens is 290 g/mol. The summed E-state index contributed by atoms with van der Waals surface area (Å²) in [6.07, 6.45) is 5.73. The number of amides is 1. The fourth-order valence-electron chi connectivity index (χ4n) is 3.27. The molecule has 0 bridgehead atoms. The summed E-state index contributed by atoms with van der Waals surface area (Å²) in [4.78, 5) is 26.5. The summed E-state index contributed by atoms with van der Waals surface area (Å²) < 4.78 is 5.27. The van der Waals surface area contributed by atoms with Gasteiger partial charge in [0.25, 0.3) is 5.91 Å². The van der Waals surface area contributed by atoms with Gasteiger partial charge in [-0.1, -0.05) is 37.0 Å². The molecule has 0 aromatic heterocycles. The minimum atomic E-state index is -0.417. The first-order chi connectivity index (χ1) is 11.0. The molecule has 0 radical (unpaired) electrons. The highest BCUT2D eigenvalue weighted by Gasteiger charge is 2.25. The summed E-state index contributed by atoms with van der Waals surface area (Å²) in [6.45, 7) is 6.29. The maximum absolute atomic E-state index is 12.4. The van der Waals surface area contributed by atoms with Crippen LogP contribution in [0, 0.1) is 13.8 Å². The van der Waals surface area contributed by atoms with Crippen LogP contribution in [0.2, 0.25) is 0 Å². The van der Waals surface area contributed by atoms with Crippen molar-refractivity contribution in [2.24, 2.45) is 0 Å². The minimum Gasteiger partial charge on any atom is -0.452 e. The molecule has 2 rings (SSSR count). The fraction of sp³-hybridized carbons (Fsp3) is 0.579. The molecule has 0 aliphatic heterocycles. The number of likely N-dealkylation sites (N-methyl/N-ethyl adjacent to an activating group) is 1. The van der Waals surface area contributed by atoms with Gasteiger partial charge in [-0.05, 0) is 45.2 Å². The lowest BCUT2D eigenvalue weighted by Crippen LogP contribution is -2.43. The molecule has 1 fully saturated rings. The second kappa shape index (κ2) is 8.14. The third-order valence-corrected chi connectivity index (χ3v) is 4.62. The van der Waals surface area contributed by atoms with E-state index in [1.807, 2.05) is 37.8 Å².